The number of aliphatic hydroxyl groups excluding tert-OH is 1. The number of amides is 1. The molecular weight excluding hydrogens is 268 g/mol. The predicted molar refractivity (Wildman–Crippen MR) is 71.0 cm³/mol. The largest absolute Gasteiger partial charge is 0.477 e. The van der Waals surface area contributed by atoms with Crippen molar-refractivity contribution in [2.45, 2.75) is 18.4 Å². The molecule has 1 saturated heterocycles. The lowest BCUT2D eigenvalue weighted by Crippen LogP contribution is -2.60. The smallest absolute Gasteiger partial charge is 0.353 e. The van der Waals surface area contributed by atoms with Crippen LogP contribution in [0.1, 0.15) is 6.92 Å². The average Bonchev–Trinajstić information content (AvgIpc) is 2.49. The van der Waals surface area contributed by atoms with Crippen molar-refractivity contribution in [3.8, 4) is 0 Å². The van der Waals surface area contributed by atoms with Crippen molar-refractivity contribution in [2.75, 3.05) is 27.7 Å². The summed E-state index contributed by atoms with van der Waals surface area (Å²) in [6.45, 7) is 2.12. The van der Waals surface area contributed by atoms with E-state index in [0.29, 0.717) is 15.9 Å². The molecule has 3 atom stereocenters. The number of carboxylic acid groups (broad SMARTS) is 1. The van der Waals surface area contributed by atoms with Crippen LogP contribution >= 0.6 is 11.8 Å². The number of fused-ring (bicyclic) bond motifs is 1. The molecule has 0 aromatic heterocycles. The average molecular weight is 287 g/mol. The first-order valence-electron chi connectivity index (χ1n) is 6.08. The number of aliphatic hydroxyl groups is 1. The molecule has 2 aliphatic heterocycles. The second-order valence-corrected chi connectivity index (χ2v) is 7.22. The summed E-state index contributed by atoms with van der Waals surface area (Å²) in [6, 6.07) is 0. The van der Waals surface area contributed by atoms with Gasteiger partial charge < -0.3 is 14.7 Å². The van der Waals surface area contributed by atoms with Crippen molar-refractivity contribution in [2.24, 2.45) is 5.92 Å². The fourth-order valence-corrected chi connectivity index (χ4v) is 4.25. The van der Waals surface area contributed by atoms with E-state index in [2.05, 4.69) is 0 Å². The number of aliphatic carboxylic acids is 1. The van der Waals surface area contributed by atoms with Gasteiger partial charge in [-0.1, -0.05) is 11.8 Å². The third kappa shape index (κ3) is 2.37. The molecule has 1 amide bonds. The van der Waals surface area contributed by atoms with Crippen LogP contribution < -0.4 is 0 Å². The van der Waals surface area contributed by atoms with Crippen LogP contribution in [0.15, 0.2) is 10.6 Å². The van der Waals surface area contributed by atoms with Gasteiger partial charge in [0, 0.05) is 0 Å². The van der Waals surface area contributed by atoms with Gasteiger partial charge in [0.25, 0.3) is 0 Å². The van der Waals surface area contributed by atoms with Crippen molar-refractivity contribution >= 4 is 23.6 Å². The lowest BCUT2D eigenvalue weighted by molar-refractivity contribution is -0.864. The minimum absolute atomic E-state index is 0.0879. The van der Waals surface area contributed by atoms with Gasteiger partial charge in [0.1, 0.15) is 17.6 Å². The number of hydrogen-bond acceptors (Lipinski definition) is 4. The molecule has 2 heterocycles. The van der Waals surface area contributed by atoms with E-state index in [1.54, 1.807) is 6.92 Å². The second kappa shape index (κ2) is 4.50. The van der Waals surface area contributed by atoms with Crippen LogP contribution in [-0.2, 0) is 9.59 Å². The van der Waals surface area contributed by atoms with Crippen molar-refractivity contribution in [3.05, 3.63) is 10.6 Å². The lowest BCUT2D eigenvalue weighted by atomic mass is 9.92. The summed E-state index contributed by atoms with van der Waals surface area (Å²) in [5.74, 6) is -1.86. The van der Waals surface area contributed by atoms with Gasteiger partial charge in [-0.15, -0.1) is 0 Å². The lowest BCUT2D eigenvalue weighted by Gasteiger charge is -2.43. The topological polar surface area (TPSA) is 77.8 Å². The Kier molecular flexibility index (Phi) is 3.40. The Morgan fingerprint density at radius 3 is 2.47 bits per heavy atom. The molecule has 1 fully saturated rings. The molecule has 2 N–H and O–H groups in total. The van der Waals surface area contributed by atoms with Crippen molar-refractivity contribution in [1.29, 1.82) is 0 Å². The molecule has 0 aromatic carbocycles. The van der Waals surface area contributed by atoms with E-state index in [1.165, 1.54) is 16.7 Å². The zero-order valence-electron chi connectivity index (χ0n) is 11.5. The number of β-lactam (4-membered cyclic amide) rings is 1. The van der Waals surface area contributed by atoms with Crippen molar-refractivity contribution in [1.82, 2.24) is 4.90 Å². The molecule has 0 saturated carbocycles. The van der Waals surface area contributed by atoms with E-state index in [-0.39, 0.29) is 17.0 Å². The molecular formula is C12H19N2O4S+. The van der Waals surface area contributed by atoms with Crippen LogP contribution in [0.4, 0.5) is 0 Å². The first-order chi connectivity index (χ1) is 8.63. The maximum absolute atomic E-state index is 12.0. The first kappa shape index (κ1) is 14.4. The van der Waals surface area contributed by atoms with E-state index in [0.717, 1.165) is 0 Å². The van der Waals surface area contributed by atoms with Crippen LogP contribution in [0.2, 0.25) is 0 Å². The molecule has 0 aliphatic carbocycles. The molecule has 106 valence electrons. The number of carbonyl (C=O) groups excluding carboxylic acids is 1. The van der Waals surface area contributed by atoms with Crippen LogP contribution in [-0.4, -0.2) is 70.6 Å². The van der Waals surface area contributed by atoms with Gasteiger partial charge in [-0.05, 0) is 6.92 Å². The molecule has 0 bridgehead atoms. The summed E-state index contributed by atoms with van der Waals surface area (Å²) in [5, 5.41) is 18.6. The summed E-state index contributed by atoms with van der Waals surface area (Å²) < 4.78 is 0.590. The predicted octanol–water partition coefficient (Wildman–Crippen LogP) is -0.0991. The van der Waals surface area contributed by atoms with Gasteiger partial charge in [0.15, 0.2) is 0 Å². The summed E-state index contributed by atoms with van der Waals surface area (Å²) in [5.41, 5.74) is 0.0879. The molecule has 0 radical (unpaired) electrons. The van der Waals surface area contributed by atoms with E-state index in [9.17, 15) is 19.8 Å². The van der Waals surface area contributed by atoms with Gasteiger partial charge in [0.2, 0.25) is 5.91 Å². The minimum Gasteiger partial charge on any atom is -0.477 e. The summed E-state index contributed by atoms with van der Waals surface area (Å²) in [4.78, 5) is 25.4. The maximum atomic E-state index is 12.0. The fraction of sp³-hybridized carbons (Fsp3) is 0.667. The molecule has 0 unspecified atom stereocenters. The monoisotopic (exact) mass is 287 g/mol. The molecule has 0 spiro atoms. The number of thioether (sulfide) groups is 1. The summed E-state index contributed by atoms with van der Waals surface area (Å²) in [6.07, 6.45) is -0.750. The molecule has 7 heteroatoms. The van der Waals surface area contributed by atoms with E-state index in [4.69, 9.17) is 0 Å². The Morgan fingerprint density at radius 1 is 1.47 bits per heavy atom. The molecule has 2 rings (SSSR count). The normalized spacial score (nSPS) is 28.3. The third-order valence-corrected chi connectivity index (χ3v) is 4.55. The first-order valence-corrected chi connectivity index (χ1v) is 6.96. The molecule has 19 heavy (non-hydrogen) atoms. The number of hydrogen-bond donors (Lipinski definition) is 2. The summed E-state index contributed by atoms with van der Waals surface area (Å²) >= 11 is 1.39. The van der Waals surface area contributed by atoms with Gasteiger partial charge >= 0.3 is 5.97 Å². The molecule has 2 aliphatic rings. The highest BCUT2D eigenvalue weighted by Crippen LogP contribution is 2.50. The van der Waals surface area contributed by atoms with Crippen molar-refractivity contribution in [3.63, 3.8) is 0 Å². The minimum atomic E-state index is -1.07. The van der Waals surface area contributed by atoms with Crippen LogP contribution in [0.5, 0.6) is 0 Å². The quantitative estimate of drug-likeness (QED) is 0.558. The Labute approximate surface area is 116 Å². The van der Waals surface area contributed by atoms with Gasteiger partial charge in [0.05, 0.1) is 38.1 Å². The highest BCUT2D eigenvalue weighted by molar-refractivity contribution is 8.04. The second-order valence-electron chi connectivity index (χ2n) is 6.01. The van der Waals surface area contributed by atoms with Crippen LogP contribution in [0, 0.1) is 5.92 Å². The number of carboxylic acids is 1. The summed E-state index contributed by atoms with van der Waals surface area (Å²) in [7, 11) is 5.91. The Hall–Kier alpha value is -1.05. The molecule has 6 nitrogen and oxygen atoms in total. The zero-order chi connectivity index (χ0) is 14.5. The maximum Gasteiger partial charge on any atom is 0.353 e. The van der Waals surface area contributed by atoms with Crippen LogP contribution in [0.3, 0.4) is 0 Å². The van der Waals surface area contributed by atoms with Gasteiger partial charge in [-0.3, -0.25) is 9.69 Å². The number of rotatable bonds is 4. The van der Waals surface area contributed by atoms with E-state index < -0.39 is 18.0 Å². The number of carbonyl (C=O) groups is 2. The highest BCUT2D eigenvalue weighted by Gasteiger charge is 2.58. The Balaban J connectivity index is 2.29. The Bertz CT molecular complexity index is 467. The molecule has 0 aromatic rings. The van der Waals surface area contributed by atoms with Crippen LogP contribution in [0.25, 0.3) is 0 Å². The number of nitrogens with zero attached hydrogens (tertiary/aromatic N) is 2. The third-order valence-electron chi connectivity index (χ3n) is 3.19. The number of likely N-dealkylation sites (N-methyl/N-ethyl adjacent to an activating group) is 1. The highest BCUT2D eigenvalue weighted by atomic mass is 32.2. The zero-order valence-corrected chi connectivity index (χ0v) is 12.3. The SMILES string of the molecule is C[C@@H](O)[C@H]1C(=O)N2C(C(=O)O)=C(C[N+](C)(C)C)S[C@H]12. The standard InChI is InChI=1S/C12H18N2O4S/c1-6(15)8-10(16)13-9(12(17)18)7(19-11(8)13)5-14(2,3)4/h6,8,11,15H,5H2,1-4H3/p+1/t6-,8+,11-/m1/s1. The number of quaternary nitrogens is 1. The van der Waals surface area contributed by atoms with Gasteiger partial charge in [-0.25, -0.2) is 4.79 Å². The van der Waals surface area contributed by atoms with E-state index in [1.807, 2.05) is 21.1 Å². The Morgan fingerprint density at radius 2 is 2.05 bits per heavy atom. The fourth-order valence-electron chi connectivity index (χ4n) is 2.40. The van der Waals surface area contributed by atoms with Gasteiger partial charge in [-0.2, -0.15) is 0 Å². The van der Waals surface area contributed by atoms with E-state index >= 15 is 0 Å². The van der Waals surface area contributed by atoms with Crippen molar-refractivity contribution < 1.29 is 24.3 Å².